The van der Waals surface area contributed by atoms with Gasteiger partial charge in [0, 0.05) is 5.56 Å². The number of halogens is 6. The van der Waals surface area contributed by atoms with Crippen LogP contribution in [0.3, 0.4) is 0 Å². The quantitative estimate of drug-likeness (QED) is 0.361. The van der Waals surface area contributed by atoms with E-state index in [9.17, 15) is 26.3 Å². The monoisotopic (exact) mass is 450 g/mol. The molecule has 0 amide bonds. The molecule has 7 heteroatoms. The Morgan fingerprint density at radius 3 is 2.06 bits per heavy atom. The van der Waals surface area contributed by atoms with Crippen LogP contribution in [-0.2, 0) is 19.3 Å². The summed E-state index contributed by atoms with van der Waals surface area (Å²) in [6, 6.07) is 10.3. The Labute approximate surface area is 181 Å². The Balaban J connectivity index is 1.71. The second-order valence-corrected chi connectivity index (χ2v) is 7.90. The second-order valence-electron chi connectivity index (χ2n) is 7.90. The molecule has 0 bridgehead atoms. The number of ether oxygens (including phenoxy) is 1. The molecule has 1 aliphatic carbocycles. The minimum Gasteiger partial charge on any atom is -0.399 e. The molecular formula is C25H20F6O. The zero-order valence-electron chi connectivity index (χ0n) is 17.3. The molecule has 0 unspecified atom stereocenters. The first-order chi connectivity index (χ1) is 15.2. The van der Waals surface area contributed by atoms with Gasteiger partial charge >= 0.3 is 6.36 Å². The number of hydrogen-bond donors (Lipinski definition) is 0. The van der Waals surface area contributed by atoms with E-state index >= 15 is 0 Å². The molecule has 3 aromatic carbocycles. The van der Waals surface area contributed by atoms with Crippen molar-refractivity contribution in [3.05, 3.63) is 76.6 Å². The largest absolute Gasteiger partial charge is 0.573 e. The molecule has 0 saturated carbocycles. The summed E-state index contributed by atoms with van der Waals surface area (Å²) < 4.78 is 83.8. The summed E-state index contributed by atoms with van der Waals surface area (Å²) in [6.07, 6.45) is -0.716. The summed E-state index contributed by atoms with van der Waals surface area (Å²) in [4.78, 5) is 0. The Morgan fingerprint density at radius 1 is 0.781 bits per heavy atom. The average Bonchev–Trinajstić information content (AvgIpc) is 2.73. The van der Waals surface area contributed by atoms with Crippen molar-refractivity contribution in [2.24, 2.45) is 0 Å². The van der Waals surface area contributed by atoms with E-state index in [0.29, 0.717) is 24.1 Å². The molecule has 0 aromatic heterocycles. The average molecular weight is 450 g/mol. The first-order valence-electron chi connectivity index (χ1n) is 10.4. The number of hydrogen-bond acceptors (Lipinski definition) is 1. The summed E-state index contributed by atoms with van der Waals surface area (Å²) in [6.45, 7) is 2.13. The molecule has 168 valence electrons. The van der Waals surface area contributed by atoms with Gasteiger partial charge in [0.25, 0.3) is 0 Å². The van der Waals surface area contributed by atoms with Crippen LogP contribution in [0.25, 0.3) is 22.3 Å². The van der Waals surface area contributed by atoms with Gasteiger partial charge in [-0.3, -0.25) is 0 Å². The Morgan fingerprint density at radius 2 is 1.44 bits per heavy atom. The Hall–Kier alpha value is -2.96. The van der Waals surface area contributed by atoms with E-state index in [4.69, 9.17) is 0 Å². The van der Waals surface area contributed by atoms with Gasteiger partial charge in [0.1, 0.15) is 5.82 Å². The van der Waals surface area contributed by atoms with Crippen LogP contribution in [0, 0.1) is 17.5 Å². The fraction of sp³-hybridized carbons (Fsp3) is 0.280. The number of aryl methyl sites for hydroxylation is 3. The molecule has 0 fully saturated rings. The van der Waals surface area contributed by atoms with Crippen molar-refractivity contribution in [3.63, 3.8) is 0 Å². The highest BCUT2D eigenvalue weighted by Crippen LogP contribution is 2.39. The second kappa shape index (κ2) is 8.52. The molecule has 1 aliphatic rings. The van der Waals surface area contributed by atoms with Crippen molar-refractivity contribution >= 4 is 0 Å². The number of benzene rings is 3. The zero-order valence-corrected chi connectivity index (χ0v) is 17.3. The van der Waals surface area contributed by atoms with Gasteiger partial charge < -0.3 is 4.74 Å². The van der Waals surface area contributed by atoms with E-state index in [1.807, 2.05) is 12.1 Å². The third kappa shape index (κ3) is 4.47. The fourth-order valence-corrected chi connectivity index (χ4v) is 4.15. The van der Waals surface area contributed by atoms with Gasteiger partial charge in [0.15, 0.2) is 11.6 Å². The van der Waals surface area contributed by atoms with Crippen molar-refractivity contribution in [3.8, 4) is 28.0 Å². The molecule has 32 heavy (non-hydrogen) atoms. The summed E-state index contributed by atoms with van der Waals surface area (Å²) in [7, 11) is 0. The minimum atomic E-state index is -5.25. The van der Waals surface area contributed by atoms with E-state index in [0.717, 1.165) is 42.4 Å². The highest BCUT2D eigenvalue weighted by atomic mass is 19.4. The summed E-state index contributed by atoms with van der Waals surface area (Å²) in [5.41, 5.74) is 4.53. The summed E-state index contributed by atoms with van der Waals surface area (Å²) in [5, 5.41) is 0. The van der Waals surface area contributed by atoms with E-state index in [-0.39, 0.29) is 11.1 Å². The van der Waals surface area contributed by atoms with E-state index < -0.39 is 29.6 Å². The van der Waals surface area contributed by atoms with Crippen LogP contribution in [0.1, 0.15) is 36.5 Å². The fourth-order valence-electron chi connectivity index (χ4n) is 4.15. The molecular weight excluding hydrogens is 430 g/mol. The highest BCUT2D eigenvalue weighted by Gasteiger charge is 2.34. The molecule has 0 heterocycles. The number of unbranched alkanes of at least 4 members (excludes halogenated alkanes) is 1. The van der Waals surface area contributed by atoms with Gasteiger partial charge in [-0.2, -0.15) is 0 Å². The van der Waals surface area contributed by atoms with Crippen LogP contribution in [0.15, 0.2) is 42.5 Å². The topological polar surface area (TPSA) is 9.23 Å². The van der Waals surface area contributed by atoms with Crippen LogP contribution in [0.5, 0.6) is 5.75 Å². The molecule has 0 atom stereocenters. The van der Waals surface area contributed by atoms with Gasteiger partial charge in [-0.05, 0) is 83.3 Å². The predicted molar refractivity (Wildman–Crippen MR) is 110 cm³/mol. The standard InChI is InChI=1S/C25H20F6O/c1-2-3-4-14-5-8-18-15(9-14)6-7-16-10-20(21(26)13-19(16)18)17-11-22(27)24(23(28)12-17)32-25(29,30)31/h5,8-13H,2-4,6-7H2,1H3. The highest BCUT2D eigenvalue weighted by molar-refractivity contribution is 5.78. The number of fused-ring (bicyclic) bond motifs is 3. The molecule has 0 spiro atoms. The van der Waals surface area contributed by atoms with E-state index in [2.05, 4.69) is 17.7 Å². The minimum absolute atomic E-state index is 0.0804. The lowest BCUT2D eigenvalue weighted by atomic mass is 9.83. The maximum atomic E-state index is 15.0. The van der Waals surface area contributed by atoms with E-state index in [1.165, 1.54) is 17.7 Å². The Bertz CT molecular complexity index is 1140. The van der Waals surface area contributed by atoms with E-state index in [1.54, 1.807) is 0 Å². The van der Waals surface area contributed by atoms with Gasteiger partial charge in [-0.1, -0.05) is 31.5 Å². The number of rotatable bonds is 5. The molecule has 0 radical (unpaired) electrons. The van der Waals surface area contributed by atoms with Crippen molar-refractivity contribution in [2.45, 2.75) is 45.4 Å². The molecule has 4 rings (SSSR count). The smallest absolute Gasteiger partial charge is 0.399 e. The lowest BCUT2D eigenvalue weighted by molar-refractivity contribution is -0.276. The normalized spacial score (nSPS) is 13.0. The van der Waals surface area contributed by atoms with Crippen LogP contribution < -0.4 is 4.74 Å². The predicted octanol–water partition coefficient (Wildman–Crippen LogP) is 7.78. The van der Waals surface area contributed by atoms with Gasteiger partial charge in [0.05, 0.1) is 0 Å². The van der Waals surface area contributed by atoms with Gasteiger partial charge in [-0.15, -0.1) is 13.2 Å². The van der Waals surface area contributed by atoms with Gasteiger partial charge in [0.2, 0.25) is 5.75 Å². The first kappa shape index (κ1) is 22.2. The van der Waals surface area contributed by atoms with Gasteiger partial charge in [-0.25, -0.2) is 13.2 Å². The third-order valence-electron chi connectivity index (χ3n) is 5.66. The number of alkyl halides is 3. The molecule has 0 aliphatic heterocycles. The van der Waals surface area contributed by atoms with Crippen molar-refractivity contribution in [1.29, 1.82) is 0 Å². The molecule has 0 saturated heterocycles. The first-order valence-corrected chi connectivity index (χ1v) is 10.4. The van der Waals surface area contributed by atoms with Crippen LogP contribution >= 0.6 is 0 Å². The maximum absolute atomic E-state index is 15.0. The third-order valence-corrected chi connectivity index (χ3v) is 5.66. The van der Waals surface area contributed by atoms with Crippen LogP contribution in [0.4, 0.5) is 26.3 Å². The SMILES string of the molecule is CCCCc1ccc2c(c1)CCc1cc(-c3cc(F)c(OC(F)(F)F)c(F)c3)c(F)cc1-2. The molecule has 0 N–H and O–H groups in total. The summed E-state index contributed by atoms with van der Waals surface area (Å²) >= 11 is 0. The lowest BCUT2D eigenvalue weighted by Gasteiger charge is -2.22. The molecule has 3 aromatic rings. The van der Waals surface area contributed by atoms with Crippen LogP contribution in [-0.4, -0.2) is 6.36 Å². The Kier molecular flexibility index (Phi) is 5.93. The van der Waals surface area contributed by atoms with Crippen LogP contribution in [0.2, 0.25) is 0 Å². The van der Waals surface area contributed by atoms with Crippen molar-refractivity contribution in [1.82, 2.24) is 0 Å². The zero-order chi connectivity index (χ0) is 23.0. The maximum Gasteiger partial charge on any atom is 0.573 e. The lowest BCUT2D eigenvalue weighted by Crippen LogP contribution is -2.19. The van der Waals surface area contributed by atoms with Crippen molar-refractivity contribution in [2.75, 3.05) is 0 Å². The summed E-state index contributed by atoms with van der Waals surface area (Å²) in [5.74, 6) is -5.39. The van der Waals surface area contributed by atoms with Crippen molar-refractivity contribution < 1.29 is 31.1 Å². The molecule has 1 nitrogen and oxygen atoms in total.